The van der Waals surface area contributed by atoms with Gasteiger partial charge in [0.1, 0.15) is 5.69 Å². The van der Waals surface area contributed by atoms with E-state index in [4.69, 9.17) is 9.90 Å². The molecule has 2 rings (SSSR count). The van der Waals surface area contributed by atoms with Gasteiger partial charge in [-0.2, -0.15) is 0 Å². The SMILES string of the molecule is C=CCc1cnc(-c2ccccn2)[nH]1.NC(=O)O. The summed E-state index contributed by atoms with van der Waals surface area (Å²) in [7, 11) is 0. The van der Waals surface area contributed by atoms with Gasteiger partial charge in [0, 0.05) is 24.5 Å². The van der Waals surface area contributed by atoms with Crippen LogP contribution < -0.4 is 5.73 Å². The minimum absolute atomic E-state index is 0.805. The van der Waals surface area contributed by atoms with Crippen molar-refractivity contribution in [3.63, 3.8) is 0 Å². The Labute approximate surface area is 104 Å². The van der Waals surface area contributed by atoms with Crippen molar-refractivity contribution in [2.75, 3.05) is 0 Å². The summed E-state index contributed by atoms with van der Waals surface area (Å²) in [5.74, 6) is 0.808. The Hall–Kier alpha value is -2.63. The number of imidazole rings is 1. The molecule has 94 valence electrons. The first-order chi connectivity index (χ1) is 8.63. The minimum atomic E-state index is -1.33. The smallest absolute Gasteiger partial charge is 0.402 e. The van der Waals surface area contributed by atoms with Crippen molar-refractivity contribution in [3.8, 4) is 11.5 Å². The van der Waals surface area contributed by atoms with Crippen LogP contribution in [0.5, 0.6) is 0 Å². The van der Waals surface area contributed by atoms with E-state index in [2.05, 4.69) is 27.3 Å². The second-order valence-electron chi connectivity index (χ2n) is 3.30. The molecule has 0 bridgehead atoms. The van der Waals surface area contributed by atoms with Crippen molar-refractivity contribution in [3.05, 3.63) is 48.9 Å². The summed E-state index contributed by atoms with van der Waals surface area (Å²) in [6.45, 7) is 3.67. The number of carboxylic acid groups (broad SMARTS) is 1. The van der Waals surface area contributed by atoms with Gasteiger partial charge in [0.15, 0.2) is 5.82 Å². The fourth-order valence-corrected chi connectivity index (χ4v) is 1.25. The summed E-state index contributed by atoms with van der Waals surface area (Å²) in [5.41, 5.74) is 5.95. The highest BCUT2D eigenvalue weighted by Crippen LogP contribution is 2.11. The van der Waals surface area contributed by atoms with Gasteiger partial charge in [-0.3, -0.25) is 4.98 Å². The molecule has 0 spiro atoms. The molecule has 6 nitrogen and oxygen atoms in total. The molecule has 0 atom stereocenters. The molecule has 0 aliphatic rings. The third kappa shape index (κ3) is 4.48. The molecular formula is C12H14N4O2. The molecule has 18 heavy (non-hydrogen) atoms. The summed E-state index contributed by atoms with van der Waals surface area (Å²) >= 11 is 0. The largest absolute Gasteiger partial charge is 0.465 e. The maximum absolute atomic E-state index is 8.78. The molecule has 0 saturated heterocycles. The van der Waals surface area contributed by atoms with Crippen LogP contribution in [0.3, 0.4) is 0 Å². The van der Waals surface area contributed by atoms with Crippen LogP contribution >= 0.6 is 0 Å². The fraction of sp³-hybridized carbons (Fsp3) is 0.0833. The second kappa shape index (κ2) is 6.85. The molecule has 0 aromatic carbocycles. The van der Waals surface area contributed by atoms with Gasteiger partial charge in [-0.05, 0) is 12.1 Å². The predicted octanol–water partition coefficient (Wildman–Crippen LogP) is 1.82. The Kier molecular flexibility index (Phi) is 5.11. The van der Waals surface area contributed by atoms with Gasteiger partial charge in [0.2, 0.25) is 0 Å². The van der Waals surface area contributed by atoms with Crippen LogP contribution in [0, 0.1) is 0 Å². The number of hydrogen-bond donors (Lipinski definition) is 3. The first kappa shape index (κ1) is 13.4. The summed E-state index contributed by atoms with van der Waals surface area (Å²) in [4.78, 5) is 20.4. The van der Waals surface area contributed by atoms with E-state index in [-0.39, 0.29) is 0 Å². The number of nitrogens with two attached hydrogens (primary N) is 1. The molecule has 6 heteroatoms. The summed E-state index contributed by atoms with van der Waals surface area (Å²) in [6.07, 6.45) is 4.88. The van der Waals surface area contributed by atoms with E-state index in [0.29, 0.717) is 0 Å². The van der Waals surface area contributed by atoms with Gasteiger partial charge >= 0.3 is 6.09 Å². The highest BCUT2D eigenvalue weighted by molar-refractivity contribution is 5.61. The van der Waals surface area contributed by atoms with Crippen molar-refractivity contribution < 1.29 is 9.90 Å². The van der Waals surface area contributed by atoms with Crippen LogP contribution in [0.15, 0.2) is 43.2 Å². The van der Waals surface area contributed by atoms with Gasteiger partial charge in [0.05, 0.1) is 0 Å². The van der Waals surface area contributed by atoms with Gasteiger partial charge in [-0.25, -0.2) is 9.78 Å². The normalized spacial score (nSPS) is 9.11. The second-order valence-corrected chi connectivity index (χ2v) is 3.30. The van der Waals surface area contributed by atoms with E-state index in [0.717, 1.165) is 23.6 Å². The fourth-order valence-electron chi connectivity index (χ4n) is 1.25. The molecule has 0 aliphatic heterocycles. The van der Waals surface area contributed by atoms with Crippen molar-refractivity contribution >= 4 is 6.09 Å². The summed E-state index contributed by atoms with van der Waals surface area (Å²) in [5, 5.41) is 7.19. The number of H-pyrrole nitrogens is 1. The van der Waals surface area contributed by atoms with E-state index < -0.39 is 6.09 Å². The molecule has 1 amide bonds. The van der Waals surface area contributed by atoms with E-state index in [1.165, 1.54) is 0 Å². The molecule has 2 heterocycles. The van der Waals surface area contributed by atoms with E-state index in [1.807, 2.05) is 30.5 Å². The number of carbonyl (C=O) groups is 1. The average Bonchev–Trinajstić information content (AvgIpc) is 2.79. The van der Waals surface area contributed by atoms with Crippen molar-refractivity contribution in [1.29, 1.82) is 0 Å². The number of allylic oxidation sites excluding steroid dienone is 1. The molecule has 2 aromatic heterocycles. The molecule has 0 radical (unpaired) electrons. The number of hydrogen-bond acceptors (Lipinski definition) is 3. The van der Waals surface area contributed by atoms with Crippen LogP contribution in [0.4, 0.5) is 4.79 Å². The zero-order valence-corrected chi connectivity index (χ0v) is 9.71. The van der Waals surface area contributed by atoms with Crippen LogP contribution in [-0.2, 0) is 6.42 Å². The monoisotopic (exact) mass is 246 g/mol. The lowest BCUT2D eigenvalue weighted by atomic mass is 10.3. The Morgan fingerprint density at radius 1 is 1.50 bits per heavy atom. The lowest BCUT2D eigenvalue weighted by molar-refractivity contribution is 0.205. The number of nitrogens with one attached hydrogen (secondary N) is 1. The van der Waals surface area contributed by atoms with Gasteiger partial charge in [-0.1, -0.05) is 12.1 Å². The van der Waals surface area contributed by atoms with E-state index in [9.17, 15) is 0 Å². The lowest BCUT2D eigenvalue weighted by Crippen LogP contribution is -2.03. The van der Waals surface area contributed by atoms with Crippen molar-refractivity contribution in [2.45, 2.75) is 6.42 Å². The Morgan fingerprint density at radius 2 is 2.22 bits per heavy atom. The predicted molar refractivity (Wildman–Crippen MR) is 67.9 cm³/mol. The first-order valence-electron chi connectivity index (χ1n) is 5.18. The van der Waals surface area contributed by atoms with Gasteiger partial charge < -0.3 is 15.8 Å². The van der Waals surface area contributed by atoms with Crippen molar-refractivity contribution in [2.24, 2.45) is 5.73 Å². The minimum Gasteiger partial charge on any atom is -0.465 e. The highest BCUT2D eigenvalue weighted by Gasteiger charge is 2.02. The van der Waals surface area contributed by atoms with Crippen LogP contribution in [0.1, 0.15) is 5.69 Å². The number of pyridine rings is 1. The van der Waals surface area contributed by atoms with Gasteiger partial charge in [-0.15, -0.1) is 6.58 Å². The summed E-state index contributed by atoms with van der Waals surface area (Å²) in [6, 6.07) is 5.76. The van der Waals surface area contributed by atoms with Crippen LogP contribution in [0.2, 0.25) is 0 Å². The highest BCUT2D eigenvalue weighted by atomic mass is 16.4. The molecule has 4 N–H and O–H groups in total. The number of aromatic amines is 1. The Morgan fingerprint density at radius 3 is 2.78 bits per heavy atom. The number of rotatable bonds is 3. The Balaban J connectivity index is 0.000000357. The van der Waals surface area contributed by atoms with Crippen molar-refractivity contribution in [1.82, 2.24) is 15.0 Å². The Bertz CT molecular complexity index is 504. The van der Waals surface area contributed by atoms with Crippen LogP contribution in [0.25, 0.3) is 11.5 Å². The topological polar surface area (TPSA) is 105 Å². The number of nitrogens with zero attached hydrogens (tertiary/aromatic N) is 2. The zero-order valence-electron chi connectivity index (χ0n) is 9.71. The third-order valence-electron chi connectivity index (χ3n) is 1.90. The number of aromatic nitrogens is 3. The molecule has 2 aromatic rings. The maximum Gasteiger partial charge on any atom is 0.402 e. The lowest BCUT2D eigenvalue weighted by Gasteiger charge is -1.93. The first-order valence-corrected chi connectivity index (χ1v) is 5.18. The average molecular weight is 246 g/mol. The molecule has 0 aliphatic carbocycles. The van der Waals surface area contributed by atoms with Gasteiger partial charge in [0.25, 0.3) is 0 Å². The van der Waals surface area contributed by atoms with E-state index >= 15 is 0 Å². The zero-order chi connectivity index (χ0) is 13.4. The maximum atomic E-state index is 8.78. The molecule has 0 fully saturated rings. The van der Waals surface area contributed by atoms with Crippen LogP contribution in [-0.4, -0.2) is 26.2 Å². The standard InChI is InChI=1S/C11H11N3.CH3NO2/c1-2-5-9-8-13-11(14-9)10-6-3-4-7-12-10;2-1(3)4/h2-4,6-8H,1,5H2,(H,13,14);2H2,(H,3,4). The molecule has 0 unspecified atom stereocenters. The molecular weight excluding hydrogens is 232 g/mol. The summed E-state index contributed by atoms with van der Waals surface area (Å²) < 4.78 is 0. The molecule has 0 saturated carbocycles. The van der Waals surface area contributed by atoms with E-state index in [1.54, 1.807) is 6.20 Å². The third-order valence-corrected chi connectivity index (χ3v) is 1.90. The number of amides is 1. The quantitative estimate of drug-likeness (QED) is 0.718. The number of primary amides is 1.